The zero-order chi connectivity index (χ0) is 22.2. The van der Waals surface area contributed by atoms with E-state index in [0.717, 1.165) is 12.8 Å². The topological polar surface area (TPSA) is 73.9 Å². The molecule has 0 aliphatic carbocycles. The van der Waals surface area contributed by atoms with E-state index >= 15 is 0 Å². The van der Waals surface area contributed by atoms with Gasteiger partial charge in [-0.2, -0.15) is 0 Å². The Hall–Kier alpha value is -2.31. The van der Waals surface area contributed by atoms with Crippen LogP contribution in [0.3, 0.4) is 0 Å². The lowest BCUT2D eigenvalue weighted by molar-refractivity contribution is -0.156. The van der Waals surface area contributed by atoms with E-state index in [2.05, 4.69) is 5.32 Å². The molecule has 0 bridgehead atoms. The average molecular weight is 412 g/mol. The van der Waals surface area contributed by atoms with Crippen molar-refractivity contribution in [3.63, 3.8) is 0 Å². The summed E-state index contributed by atoms with van der Waals surface area (Å²) in [5.41, 5.74) is -0.666. The molecule has 0 unspecified atom stereocenters. The number of alkyl carbamates (subject to hydrolysis) is 1. The third-order valence-electron chi connectivity index (χ3n) is 4.43. The molecule has 7 heteroatoms. The van der Waals surface area contributed by atoms with Crippen molar-refractivity contribution in [3.8, 4) is 5.75 Å². The number of amides is 1. The van der Waals surface area contributed by atoms with Gasteiger partial charge in [0.2, 0.25) is 0 Å². The Kier molecular flexibility index (Phi) is 9.40. The zero-order valence-corrected chi connectivity index (χ0v) is 18.5. The Labute approximate surface area is 173 Å². The van der Waals surface area contributed by atoms with E-state index in [-0.39, 0.29) is 5.92 Å². The molecule has 0 heterocycles. The summed E-state index contributed by atoms with van der Waals surface area (Å²) in [6.07, 6.45) is -0.126. The standard InChI is InChI=1S/C22H34FNO5/c1-8-16(9-2)19(28-18-12-10-11-17(23)13-18)15(4)27-20(25)14(3)24-21(26)29-22(5,6)7/h10-16,19H,8-9H2,1-7H3,(H,24,26)/t14-,15-,19-/m0/s1. The highest BCUT2D eigenvalue weighted by Gasteiger charge is 2.31. The minimum Gasteiger partial charge on any atom is -0.486 e. The lowest BCUT2D eigenvalue weighted by Crippen LogP contribution is -2.46. The number of ether oxygens (including phenoxy) is 3. The van der Waals surface area contributed by atoms with Crippen LogP contribution in [0, 0.1) is 11.7 Å². The molecule has 1 N–H and O–H groups in total. The van der Waals surface area contributed by atoms with Crippen LogP contribution in [0.1, 0.15) is 61.3 Å². The molecule has 0 fully saturated rings. The van der Waals surface area contributed by atoms with Crippen LogP contribution in [0.4, 0.5) is 9.18 Å². The molecule has 0 radical (unpaired) electrons. The monoisotopic (exact) mass is 411 g/mol. The molecule has 1 rings (SSSR count). The highest BCUT2D eigenvalue weighted by Crippen LogP contribution is 2.25. The van der Waals surface area contributed by atoms with Gasteiger partial charge in [0, 0.05) is 6.07 Å². The molecule has 0 saturated carbocycles. The van der Waals surface area contributed by atoms with Crippen LogP contribution in [0.2, 0.25) is 0 Å². The minimum absolute atomic E-state index is 0.107. The third-order valence-corrected chi connectivity index (χ3v) is 4.43. The van der Waals surface area contributed by atoms with Crippen molar-refractivity contribution >= 4 is 12.1 Å². The average Bonchev–Trinajstić information content (AvgIpc) is 2.60. The molecule has 3 atom stereocenters. The Balaban J connectivity index is 2.81. The van der Waals surface area contributed by atoms with Crippen molar-refractivity contribution in [1.29, 1.82) is 0 Å². The van der Waals surface area contributed by atoms with Gasteiger partial charge in [0.25, 0.3) is 0 Å². The summed E-state index contributed by atoms with van der Waals surface area (Å²) < 4.78 is 30.2. The third kappa shape index (κ3) is 8.71. The van der Waals surface area contributed by atoms with Crippen LogP contribution in [-0.2, 0) is 14.3 Å². The molecule has 0 aliphatic rings. The van der Waals surface area contributed by atoms with Crippen molar-refractivity contribution in [1.82, 2.24) is 5.32 Å². The molecular formula is C22H34FNO5. The van der Waals surface area contributed by atoms with Crippen LogP contribution < -0.4 is 10.1 Å². The summed E-state index contributed by atoms with van der Waals surface area (Å²) in [6.45, 7) is 12.5. The van der Waals surface area contributed by atoms with E-state index in [1.165, 1.54) is 19.1 Å². The predicted octanol–water partition coefficient (Wildman–Crippen LogP) is 4.85. The molecule has 29 heavy (non-hydrogen) atoms. The van der Waals surface area contributed by atoms with Gasteiger partial charge < -0.3 is 19.5 Å². The van der Waals surface area contributed by atoms with Crippen LogP contribution >= 0.6 is 0 Å². The van der Waals surface area contributed by atoms with Gasteiger partial charge in [-0.3, -0.25) is 0 Å². The van der Waals surface area contributed by atoms with Crippen molar-refractivity contribution < 1.29 is 28.2 Å². The van der Waals surface area contributed by atoms with E-state index in [1.807, 2.05) is 13.8 Å². The first-order valence-corrected chi connectivity index (χ1v) is 10.1. The Morgan fingerprint density at radius 1 is 1.14 bits per heavy atom. The van der Waals surface area contributed by atoms with Gasteiger partial charge in [0.15, 0.2) is 0 Å². The van der Waals surface area contributed by atoms with E-state index in [4.69, 9.17) is 14.2 Å². The molecule has 1 aromatic rings. The maximum atomic E-state index is 13.5. The molecular weight excluding hydrogens is 377 g/mol. The summed E-state index contributed by atoms with van der Waals surface area (Å²) in [6, 6.07) is 4.99. The zero-order valence-electron chi connectivity index (χ0n) is 18.5. The second kappa shape index (κ2) is 11.0. The maximum Gasteiger partial charge on any atom is 0.408 e. The largest absolute Gasteiger partial charge is 0.486 e. The summed E-state index contributed by atoms with van der Waals surface area (Å²) in [4.78, 5) is 24.3. The van der Waals surface area contributed by atoms with E-state index in [1.54, 1.807) is 39.8 Å². The summed E-state index contributed by atoms with van der Waals surface area (Å²) in [5, 5.41) is 2.47. The van der Waals surface area contributed by atoms with E-state index in [0.29, 0.717) is 5.75 Å². The van der Waals surface area contributed by atoms with E-state index in [9.17, 15) is 14.0 Å². The first kappa shape index (κ1) is 24.7. The Bertz CT molecular complexity index is 669. The normalized spacial score (nSPS) is 14.7. The molecule has 0 saturated heterocycles. The number of carbonyl (C=O) groups excluding carboxylic acids is 2. The van der Waals surface area contributed by atoms with Gasteiger partial charge >= 0.3 is 12.1 Å². The maximum absolute atomic E-state index is 13.5. The van der Waals surface area contributed by atoms with Gasteiger partial charge in [-0.1, -0.05) is 19.9 Å². The lowest BCUT2D eigenvalue weighted by atomic mass is 9.93. The van der Waals surface area contributed by atoms with Crippen molar-refractivity contribution in [2.24, 2.45) is 5.92 Å². The molecule has 164 valence electrons. The smallest absolute Gasteiger partial charge is 0.408 e. The van der Waals surface area contributed by atoms with Gasteiger partial charge in [0.1, 0.15) is 35.4 Å². The number of esters is 1. The number of nitrogens with one attached hydrogen (secondary N) is 1. The molecule has 0 spiro atoms. The van der Waals surface area contributed by atoms with Crippen molar-refractivity contribution in [3.05, 3.63) is 30.1 Å². The number of hydrogen-bond acceptors (Lipinski definition) is 5. The predicted molar refractivity (Wildman–Crippen MR) is 109 cm³/mol. The number of hydrogen-bond donors (Lipinski definition) is 1. The fourth-order valence-electron chi connectivity index (χ4n) is 2.92. The van der Waals surface area contributed by atoms with Crippen molar-refractivity contribution in [2.45, 2.75) is 85.2 Å². The molecule has 6 nitrogen and oxygen atoms in total. The highest BCUT2D eigenvalue weighted by atomic mass is 19.1. The van der Waals surface area contributed by atoms with Crippen LogP contribution in [-0.4, -0.2) is 35.9 Å². The number of halogens is 1. The second-order valence-corrected chi connectivity index (χ2v) is 8.13. The van der Waals surface area contributed by atoms with Crippen molar-refractivity contribution in [2.75, 3.05) is 0 Å². The minimum atomic E-state index is -0.885. The first-order chi connectivity index (χ1) is 13.5. The van der Waals surface area contributed by atoms with Crippen LogP contribution in [0.15, 0.2) is 24.3 Å². The fraction of sp³-hybridized carbons (Fsp3) is 0.636. The lowest BCUT2D eigenvalue weighted by Gasteiger charge is -2.31. The van der Waals surface area contributed by atoms with E-state index < -0.39 is 41.7 Å². The Morgan fingerprint density at radius 3 is 2.28 bits per heavy atom. The molecule has 0 aliphatic heterocycles. The van der Waals surface area contributed by atoms with Gasteiger partial charge in [-0.05, 0) is 65.5 Å². The number of carbonyl (C=O) groups is 2. The molecule has 1 amide bonds. The Morgan fingerprint density at radius 2 is 1.76 bits per heavy atom. The first-order valence-electron chi connectivity index (χ1n) is 10.1. The SMILES string of the molecule is CCC(CC)[C@@H](Oc1cccc(F)c1)[C@H](C)OC(=O)[C@H](C)NC(=O)OC(C)(C)C. The summed E-state index contributed by atoms with van der Waals surface area (Å²) in [7, 11) is 0. The number of rotatable bonds is 9. The second-order valence-electron chi connectivity index (χ2n) is 8.13. The number of benzene rings is 1. The van der Waals surface area contributed by atoms with Gasteiger partial charge in [-0.25, -0.2) is 14.0 Å². The molecule has 1 aromatic carbocycles. The summed E-state index contributed by atoms with van der Waals surface area (Å²) >= 11 is 0. The van der Waals surface area contributed by atoms with Gasteiger partial charge in [-0.15, -0.1) is 0 Å². The fourth-order valence-corrected chi connectivity index (χ4v) is 2.92. The highest BCUT2D eigenvalue weighted by molar-refractivity contribution is 5.81. The quantitative estimate of drug-likeness (QED) is 0.588. The molecule has 0 aromatic heterocycles. The van der Waals surface area contributed by atoms with Crippen LogP contribution in [0.25, 0.3) is 0 Å². The summed E-state index contributed by atoms with van der Waals surface area (Å²) in [5.74, 6) is -0.507. The van der Waals surface area contributed by atoms with Gasteiger partial charge in [0.05, 0.1) is 0 Å². The van der Waals surface area contributed by atoms with Crippen LogP contribution in [0.5, 0.6) is 5.75 Å².